The molecule has 0 aliphatic rings. The third-order valence-electron chi connectivity index (χ3n) is 3.35. The number of carbonyl (C=O) groups excluding carboxylic acids is 2. The van der Waals surface area contributed by atoms with Gasteiger partial charge < -0.3 is 4.42 Å². The molecule has 3 rings (SSSR count). The fourth-order valence-corrected chi connectivity index (χ4v) is 2.09. The number of aromatic nitrogens is 2. The first-order valence-corrected chi connectivity index (χ1v) is 7.32. The van der Waals surface area contributed by atoms with Gasteiger partial charge in [-0.25, -0.2) is 4.39 Å². The van der Waals surface area contributed by atoms with Gasteiger partial charge in [-0.3, -0.25) is 20.4 Å². The molecule has 2 N–H and O–H groups in total. The van der Waals surface area contributed by atoms with Crippen molar-refractivity contribution in [3.63, 3.8) is 0 Å². The van der Waals surface area contributed by atoms with Gasteiger partial charge in [-0.1, -0.05) is 12.1 Å². The molecule has 25 heavy (non-hydrogen) atoms. The van der Waals surface area contributed by atoms with E-state index in [1.54, 1.807) is 24.3 Å². The van der Waals surface area contributed by atoms with Crippen molar-refractivity contribution in [2.75, 3.05) is 0 Å². The van der Waals surface area contributed by atoms with E-state index in [-0.39, 0.29) is 12.2 Å². The summed E-state index contributed by atoms with van der Waals surface area (Å²) in [5, 5.41) is 7.35. The number of hydrazine groups is 1. The Labute approximate surface area is 141 Å². The number of hydrogen-bond acceptors (Lipinski definition) is 5. The summed E-state index contributed by atoms with van der Waals surface area (Å²) in [6, 6.07) is 12.0. The molecule has 0 spiro atoms. The minimum absolute atomic E-state index is 0.0245. The predicted octanol–water partition coefficient (Wildman–Crippen LogP) is 1.88. The molecule has 0 bridgehead atoms. The van der Waals surface area contributed by atoms with Crippen LogP contribution in [0.1, 0.15) is 15.9 Å². The van der Waals surface area contributed by atoms with E-state index in [1.807, 2.05) is 0 Å². The maximum atomic E-state index is 12.8. The lowest BCUT2D eigenvalue weighted by atomic mass is 10.1. The highest BCUT2D eigenvalue weighted by molar-refractivity contribution is 5.95. The zero-order valence-electron chi connectivity index (χ0n) is 12.9. The zero-order valence-corrected chi connectivity index (χ0v) is 12.9. The van der Waals surface area contributed by atoms with Crippen molar-refractivity contribution in [2.24, 2.45) is 0 Å². The monoisotopic (exact) mass is 340 g/mol. The van der Waals surface area contributed by atoms with Crippen molar-refractivity contribution in [1.29, 1.82) is 0 Å². The molecule has 0 atom stereocenters. The van der Waals surface area contributed by atoms with Gasteiger partial charge in [0.25, 0.3) is 5.91 Å². The number of amides is 2. The number of carbonyl (C=O) groups is 2. The first-order chi connectivity index (χ1) is 12.1. The van der Waals surface area contributed by atoms with Gasteiger partial charge in [0, 0.05) is 11.1 Å². The number of halogens is 1. The fourth-order valence-electron chi connectivity index (χ4n) is 2.09. The van der Waals surface area contributed by atoms with E-state index >= 15 is 0 Å². The molecule has 2 aromatic carbocycles. The summed E-state index contributed by atoms with van der Waals surface area (Å²) in [5.41, 5.74) is 6.30. The zero-order chi connectivity index (χ0) is 17.6. The molecule has 0 saturated heterocycles. The smallest absolute Gasteiger partial charge is 0.269 e. The van der Waals surface area contributed by atoms with E-state index in [1.165, 1.54) is 30.7 Å². The summed E-state index contributed by atoms with van der Waals surface area (Å²) in [6.45, 7) is 0. The summed E-state index contributed by atoms with van der Waals surface area (Å²) in [7, 11) is 0. The Morgan fingerprint density at radius 2 is 1.72 bits per heavy atom. The van der Waals surface area contributed by atoms with Crippen LogP contribution in [0.25, 0.3) is 11.5 Å². The van der Waals surface area contributed by atoms with Crippen molar-refractivity contribution in [3.8, 4) is 11.5 Å². The maximum Gasteiger partial charge on any atom is 0.269 e. The average molecular weight is 340 g/mol. The molecule has 0 fully saturated rings. The topological polar surface area (TPSA) is 97.1 Å². The second-order valence-electron chi connectivity index (χ2n) is 5.13. The van der Waals surface area contributed by atoms with Crippen LogP contribution in [0.3, 0.4) is 0 Å². The van der Waals surface area contributed by atoms with Crippen LogP contribution < -0.4 is 10.9 Å². The van der Waals surface area contributed by atoms with E-state index in [0.717, 1.165) is 0 Å². The van der Waals surface area contributed by atoms with Crippen molar-refractivity contribution in [1.82, 2.24) is 21.0 Å². The Morgan fingerprint density at radius 1 is 1.00 bits per heavy atom. The van der Waals surface area contributed by atoms with Crippen molar-refractivity contribution >= 4 is 11.8 Å². The molecule has 0 unspecified atom stereocenters. The normalized spacial score (nSPS) is 10.3. The quantitative estimate of drug-likeness (QED) is 0.707. The van der Waals surface area contributed by atoms with Crippen LogP contribution in [-0.4, -0.2) is 22.0 Å². The minimum Gasteiger partial charge on any atom is -0.423 e. The maximum absolute atomic E-state index is 12.8. The molecule has 0 saturated carbocycles. The molecule has 1 aromatic heterocycles. The van der Waals surface area contributed by atoms with E-state index in [4.69, 9.17) is 4.42 Å². The summed E-state index contributed by atoms with van der Waals surface area (Å²) in [6.07, 6.45) is 1.24. The Balaban J connectivity index is 1.53. The Morgan fingerprint density at radius 3 is 2.36 bits per heavy atom. The first-order valence-electron chi connectivity index (χ1n) is 7.32. The van der Waals surface area contributed by atoms with Crippen LogP contribution in [0.2, 0.25) is 0 Å². The molecule has 7 nitrogen and oxygen atoms in total. The number of hydrogen-bond donors (Lipinski definition) is 2. The average Bonchev–Trinajstić information content (AvgIpc) is 3.16. The lowest BCUT2D eigenvalue weighted by Gasteiger charge is -2.08. The summed E-state index contributed by atoms with van der Waals surface area (Å²) in [5.74, 6) is -0.909. The fraction of sp³-hybridized carbons (Fsp3) is 0.0588. The Bertz CT molecular complexity index is 862. The molecule has 0 radical (unpaired) electrons. The predicted molar refractivity (Wildman–Crippen MR) is 85.4 cm³/mol. The van der Waals surface area contributed by atoms with Gasteiger partial charge in [0.1, 0.15) is 5.82 Å². The summed E-state index contributed by atoms with van der Waals surface area (Å²) < 4.78 is 17.9. The number of rotatable bonds is 4. The second-order valence-corrected chi connectivity index (χ2v) is 5.13. The lowest BCUT2D eigenvalue weighted by molar-refractivity contribution is -0.121. The van der Waals surface area contributed by atoms with Gasteiger partial charge in [0.05, 0.1) is 6.42 Å². The van der Waals surface area contributed by atoms with Crippen molar-refractivity contribution in [3.05, 3.63) is 71.9 Å². The summed E-state index contributed by atoms with van der Waals surface area (Å²) >= 11 is 0. The van der Waals surface area contributed by atoms with Crippen LogP contribution in [0, 0.1) is 5.82 Å². The van der Waals surface area contributed by atoms with E-state index in [0.29, 0.717) is 22.6 Å². The van der Waals surface area contributed by atoms with Gasteiger partial charge in [0.15, 0.2) is 0 Å². The highest BCUT2D eigenvalue weighted by Gasteiger charge is 2.10. The van der Waals surface area contributed by atoms with Crippen LogP contribution in [0.15, 0.2) is 59.3 Å². The molecule has 0 aliphatic heterocycles. The number of nitrogens with zero attached hydrogens (tertiary/aromatic N) is 2. The summed E-state index contributed by atoms with van der Waals surface area (Å²) in [4.78, 5) is 23.8. The van der Waals surface area contributed by atoms with Gasteiger partial charge in [-0.2, -0.15) is 0 Å². The molecular weight excluding hydrogens is 327 g/mol. The Kier molecular flexibility index (Phi) is 4.79. The number of benzene rings is 2. The standard InChI is InChI=1S/C17H13FN4O3/c18-14-7-1-11(2-8-14)9-15(23)20-21-16(24)12-3-5-13(6-4-12)17-22-19-10-25-17/h1-8,10H,9H2,(H,20,23)(H,21,24). The molecule has 8 heteroatoms. The lowest BCUT2D eigenvalue weighted by Crippen LogP contribution is -2.42. The van der Waals surface area contributed by atoms with Crippen LogP contribution in [0.5, 0.6) is 0 Å². The molecule has 1 heterocycles. The van der Waals surface area contributed by atoms with E-state index < -0.39 is 11.8 Å². The molecule has 0 aliphatic carbocycles. The van der Waals surface area contributed by atoms with Crippen LogP contribution >= 0.6 is 0 Å². The SMILES string of the molecule is O=C(Cc1ccc(F)cc1)NNC(=O)c1ccc(-c2nnco2)cc1. The molecule has 126 valence electrons. The van der Waals surface area contributed by atoms with Gasteiger partial charge in [0.2, 0.25) is 18.2 Å². The van der Waals surface area contributed by atoms with E-state index in [2.05, 4.69) is 21.0 Å². The van der Waals surface area contributed by atoms with Gasteiger partial charge >= 0.3 is 0 Å². The second kappa shape index (κ2) is 7.35. The van der Waals surface area contributed by atoms with Crippen molar-refractivity contribution < 1.29 is 18.4 Å². The Hall–Kier alpha value is -3.55. The molecule has 3 aromatic rings. The largest absolute Gasteiger partial charge is 0.423 e. The number of nitrogens with one attached hydrogen (secondary N) is 2. The minimum atomic E-state index is -0.468. The highest BCUT2D eigenvalue weighted by Crippen LogP contribution is 2.16. The molecule has 2 amide bonds. The first kappa shape index (κ1) is 16.3. The van der Waals surface area contributed by atoms with Crippen LogP contribution in [-0.2, 0) is 11.2 Å². The van der Waals surface area contributed by atoms with Crippen molar-refractivity contribution in [2.45, 2.75) is 6.42 Å². The van der Waals surface area contributed by atoms with Gasteiger partial charge in [-0.05, 0) is 42.0 Å². The van der Waals surface area contributed by atoms with Gasteiger partial charge in [-0.15, -0.1) is 10.2 Å². The van der Waals surface area contributed by atoms with Crippen LogP contribution in [0.4, 0.5) is 4.39 Å². The third kappa shape index (κ3) is 4.25. The molecular formula is C17H13FN4O3. The third-order valence-corrected chi connectivity index (χ3v) is 3.35. The highest BCUT2D eigenvalue weighted by atomic mass is 19.1. The van der Waals surface area contributed by atoms with E-state index in [9.17, 15) is 14.0 Å².